The number of nitrogens with zero attached hydrogens (tertiary/aromatic N) is 1. The average Bonchev–Trinajstić information content (AvgIpc) is 2.67. The minimum Gasteiger partial charge on any atom is -0.478 e. The van der Waals surface area contributed by atoms with Gasteiger partial charge in [-0.05, 0) is 35.9 Å². The van der Waals surface area contributed by atoms with E-state index in [2.05, 4.69) is 5.32 Å². The second-order valence-electron chi connectivity index (χ2n) is 5.84. The molecule has 1 aliphatic heterocycles. The van der Waals surface area contributed by atoms with Gasteiger partial charge in [-0.25, -0.2) is 4.79 Å². The molecule has 1 saturated heterocycles. The summed E-state index contributed by atoms with van der Waals surface area (Å²) in [6, 6.07) is 14.3. The van der Waals surface area contributed by atoms with Crippen LogP contribution in [0.3, 0.4) is 0 Å². The number of hydrogen-bond acceptors (Lipinski definition) is 4. The molecule has 0 bridgehead atoms. The van der Waals surface area contributed by atoms with E-state index in [0.29, 0.717) is 12.1 Å². The number of carboxylic acid groups (broad SMARTS) is 1. The third-order valence-corrected chi connectivity index (χ3v) is 5.02. The van der Waals surface area contributed by atoms with Crippen molar-refractivity contribution in [2.45, 2.75) is 6.54 Å². The van der Waals surface area contributed by atoms with Gasteiger partial charge in [0.05, 0.1) is 5.56 Å². The van der Waals surface area contributed by atoms with Crippen molar-refractivity contribution in [3.8, 4) is 0 Å². The van der Waals surface area contributed by atoms with E-state index in [1.165, 1.54) is 0 Å². The quantitative estimate of drug-likeness (QED) is 0.861. The summed E-state index contributed by atoms with van der Waals surface area (Å²) in [5.41, 5.74) is 2.67. The summed E-state index contributed by atoms with van der Waals surface area (Å²) in [6.07, 6.45) is 0. The second kappa shape index (κ2) is 8.07. The van der Waals surface area contributed by atoms with Crippen molar-refractivity contribution in [1.29, 1.82) is 0 Å². The van der Waals surface area contributed by atoms with Crippen molar-refractivity contribution in [3.63, 3.8) is 0 Å². The Labute approximate surface area is 151 Å². The lowest BCUT2D eigenvalue weighted by Gasteiger charge is -2.26. The van der Waals surface area contributed by atoms with Gasteiger partial charge in [-0.3, -0.25) is 4.79 Å². The summed E-state index contributed by atoms with van der Waals surface area (Å²) in [7, 11) is 0. The molecule has 1 fully saturated rings. The standard InChI is InChI=1S/C19H20N2O3S/c22-18(21-7-9-25-10-8-21)15-4-2-6-17(12-15)20-13-14-3-1-5-16(11-14)19(23)24/h1-6,11-12,20H,7-10,13H2,(H,23,24). The summed E-state index contributed by atoms with van der Waals surface area (Å²) < 4.78 is 0. The highest BCUT2D eigenvalue weighted by atomic mass is 32.2. The molecule has 0 atom stereocenters. The fraction of sp³-hybridized carbons (Fsp3) is 0.263. The van der Waals surface area contributed by atoms with Gasteiger partial charge in [-0.1, -0.05) is 18.2 Å². The first-order valence-corrected chi connectivity index (χ1v) is 9.32. The van der Waals surface area contributed by atoms with Crippen LogP contribution < -0.4 is 5.32 Å². The maximum Gasteiger partial charge on any atom is 0.335 e. The van der Waals surface area contributed by atoms with Crippen molar-refractivity contribution < 1.29 is 14.7 Å². The maximum absolute atomic E-state index is 12.6. The lowest BCUT2D eigenvalue weighted by atomic mass is 10.1. The van der Waals surface area contributed by atoms with Gasteiger partial charge in [-0.15, -0.1) is 0 Å². The van der Waals surface area contributed by atoms with Gasteiger partial charge in [0.25, 0.3) is 5.91 Å². The van der Waals surface area contributed by atoms with Gasteiger partial charge in [0.2, 0.25) is 0 Å². The van der Waals surface area contributed by atoms with E-state index >= 15 is 0 Å². The Morgan fingerprint density at radius 2 is 1.76 bits per heavy atom. The molecule has 5 nitrogen and oxygen atoms in total. The van der Waals surface area contributed by atoms with Crippen molar-refractivity contribution >= 4 is 29.3 Å². The molecule has 0 radical (unpaired) electrons. The number of thioether (sulfide) groups is 1. The fourth-order valence-electron chi connectivity index (χ4n) is 2.73. The number of carbonyl (C=O) groups is 2. The van der Waals surface area contributed by atoms with E-state index in [1.54, 1.807) is 18.2 Å². The van der Waals surface area contributed by atoms with Gasteiger partial charge in [-0.2, -0.15) is 11.8 Å². The van der Waals surface area contributed by atoms with Crippen molar-refractivity contribution in [3.05, 3.63) is 65.2 Å². The molecule has 0 unspecified atom stereocenters. The number of carboxylic acids is 1. The normalized spacial score (nSPS) is 14.2. The Balaban J connectivity index is 1.66. The van der Waals surface area contributed by atoms with Crippen LogP contribution in [-0.4, -0.2) is 46.5 Å². The van der Waals surface area contributed by atoms with Crippen LogP contribution in [0, 0.1) is 0 Å². The fourth-order valence-corrected chi connectivity index (χ4v) is 3.63. The smallest absolute Gasteiger partial charge is 0.335 e. The number of nitrogens with one attached hydrogen (secondary N) is 1. The molecule has 1 aliphatic rings. The summed E-state index contributed by atoms with van der Waals surface area (Å²) in [5, 5.41) is 12.3. The molecular weight excluding hydrogens is 336 g/mol. The maximum atomic E-state index is 12.6. The molecule has 6 heteroatoms. The van der Waals surface area contributed by atoms with E-state index in [0.717, 1.165) is 35.8 Å². The monoisotopic (exact) mass is 356 g/mol. The lowest BCUT2D eigenvalue weighted by Crippen LogP contribution is -2.37. The predicted molar refractivity (Wildman–Crippen MR) is 100 cm³/mol. The summed E-state index contributed by atoms with van der Waals surface area (Å²) in [5.74, 6) is 1.11. The van der Waals surface area contributed by atoms with E-state index in [9.17, 15) is 9.59 Å². The predicted octanol–water partition coefficient (Wildman–Crippen LogP) is 3.19. The number of aromatic carboxylic acids is 1. The van der Waals surface area contributed by atoms with Crippen LogP contribution in [0.4, 0.5) is 5.69 Å². The zero-order valence-electron chi connectivity index (χ0n) is 13.8. The molecule has 0 aliphatic carbocycles. The molecule has 0 aromatic heterocycles. The molecule has 3 rings (SSSR count). The largest absolute Gasteiger partial charge is 0.478 e. The van der Waals surface area contributed by atoms with Crippen molar-refractivity contribution in [1.82, 2.24) is 4.90 Å². The van der Waals surface area contributed by atoms with Gasteiger partial charge in [0.1, 0.15) is 0 Å². The number of anilines is 1. The minimum absolute atomic E-state index is 0.0665. The van der Waals surface area contributed by atoms with Crippen LogP contribution in [0.25, 0.3) is 0 Å². The van der Waals surface area contributed by atoms with E-state index in [1.807, 2.05) is 47.0 Å². The SMILES string of the molecule is O=C(O)c1cccc(CNc2cccc(C(=O)N3CCSCC3)c2)c1. The third kappa shape index (κ3) is 4.54. The van der Waals surface area contributed by atoms with Crippen LogP contribution >= 0.6 is 11.8 Å². The molecule has 1 amide bonds. The highest BCUT2D eigenvalue weighted by Gasteiger charge is 2.18. The van der Waals surface area contributed by atoms with E-state index in [4.69, 9.17) is 5.11 Å². The van der Waals surface area contributed by atoms with Crippen LogP contribution in [0.15, 0.2) is 48.5 Å². The topological polar surface area (TPSA) is 69.6 Å². The second-order valence-corrected chi connectivity index (χ2v) is 7.07. The number of rotatable bonds is 5. The average molecular weight is 356 g/mol. The zero-order valence-corrected chi connectivity index (χ0v) is 14.6. The highest BCUT2D eigenvalue weighted by molar-refractivity contribution is 7.99. The number of benzene rings is 2. The van der Waals surface area contributed by atoms with Gasteiger partial charge in [0.15, 0.2) is 0 Å². The zero-order chi connectivity index (χ0) is 17.6. The first-order chi connectivity index (χ1) is 12.1. The summed E-state index contributed by atoms with van der Waals surface area (Å²) >= 11 is 1.88. The molecule has 0 spiro atoms. The van der Waals surface area contributed by atoms with Crippen LogP contribution in [0.2, 0.25) is 0 Å². The Morgan fingerprint density at radius 1 is 1.04 bits per heavy atom. The molecule has 2 aromatic rings. The highest BCUT2D eigenvalue weighted by Crippen LogP contribution is 2.17. The molecule has 2 aromatic carbocycles. The third-order valence-electron chi connectivity index (χ3n) is 4.08. The van der Waals surface area contributed by atoms with Crippen molar-refractivity contribution in [2.24, 2.45) is 0 Å². The van der Waals surface area contributed by atoms with Crippen LogP contribution in [0.5, 0.6) is 0 Å². The van der Waals surface area contributed by atoms with E-state index in [-0.39, 0.29) is 11.5 Å². The minimum atomic E-state index is -0.936. The Hall–Kier alpha value is -2.47. The Bertz CT molecular complexity index is 773. The summed E-state index contributed by atoms with van der Waals surface area (Å²) in [6.45, 7) is 2.09. The molecule has 2 N–H and O–H groups in total. The summed E-state index contributed by atoms with van der Waals surface area (Å²) in [4.78, 5) is 25.5. The molecule has 1 heterocycles. The molecule has 0 saturated carbocycles. The van der Waals surface area contributed by atoms with Gasteiger partial charge in [0, 0.05) is 42.4 Å². The van der Waals surface area contributed by atoms with E-state index < -0.39 is 5.97 Å². The first-order valence-electron chi connectivity index (χ1n) is 8.17. The Morgan fingerprint density at radius 3 is 2.52 bits per heavy atom. The first kappa shape index (κ1) is 17.4. The lowest BCUT2D eigenvalue weighted by molar-refractivity contribution is 0.0695. The van der Waals surface area contributed by atoms with Crippen LogP contribution in [0.1, 0.15) is 26.3 Å². The van der Waals surface area contributed by atoms with Gasteiger partial charge < -0.3 is 15.3 Å². The van der Waals surface area contributed by atoms with Gasteiger partial charge >= 0.3 is 5.97 Å². The molecule has 25 heavy (non-hydrogen) atoms. The number of carbonyl (C=O) groups excluding carboxylic acids is 1. The van der Waals surface area contributed by atoms with Crippen molar-refractivity contribution in [2.75, 3.05) is 29.9 Å². The Kier molecular flexibility index (Phi) is 5.60. The number of amides is 1. The number of hydrogen-bond donors (Lipinski definition) is 2. The van der Waals surface area contributed by atoms with Crippen LogP contribution in [-0.2, 0) is 6.54 Å². The molecular formula is C19H20N2O3S. The molecule has 130 valence electrons.